The van der Waals surface area contributed by atoms with Crippen LogP contribution >= 0.6 is 15.6 Å². The summed E-state index contributed by atoms with van der Waals surface area (Å²) in [5, 5.41) is 10.6. The lowest BCUT2D eigenvalue weighted by Gasteiger charge is -2.21. The van der Waals surface area contributed by atoms with Gasteiger partial charge >= 0.3 is 39.5 Å². The molecule has 536 valence electrons. The summed E-state index contributed by atoms with van der Waals surface area (Å²) in [6.07, 6.45) is 54.9. The average molecular weight is 1340 g/mol. The Morgan fingerprint density at radius 1 is 0.352 bits per heavy atom. The van der Waals surface area contributed by atoms with Crippen molar-refractivity contribution >= 4 is 39.5 Å². The number of aliphatic hydroxyl groups excluding tert-OH is 1. The molecule has 0 aromatic heterocycles. The lowest BCUT2D eigenvalue weighted by Crippen LogP contribution is -2.30. The van der Waals surface area contributed by atoms with E-state index >= 15 is 0 Å². The molecule has 0 aliphatic heterocycles. The highest BCUT2D eigenvalue weighted by Gasteiger charge is 2.30. The molecule has 0 fully saturated rings. The van der Waals surface area contributed by atoms with Crippen LogP contribution in [0, 0.1) is 5.92 Å². The fourth-order valence-electron chi connectivity index (χ4n) is 10.4. The second-order valence-electron chi connectivity index (χ2n) is 25.5. The molecule has 19 heteroatoms. The highest BCUT2D eigenvalue weighted by atomic mass is 31.2. The predicted octanol–water partition coefficient (Wildman–Crippen LogP) is 20.5. The number of hydrogen-bond acceptors (Lipinski definition) is 15. The van der Waals surface area contributed by atoms with Gasteiger partial charge in [-0.2, -0.15) is 0 Å². The minimum atomic E-state index is -4.96. The summed E-state index contributed by atoms with van der Waals surface area (Å²) >= 11 is 0. The molecule has 0 saturated carbocycles. The third-order valence-corrected chi connectivity index (χ3v) is 18.4. The zero-order valence-electron chi connectivity index (χ0n) is 58.5. The van der Waals surface area contributed by atoms with Crippen LogP contribution < -0.4 is 0 Å². The van der Waals surface area contributed by atoms with E-state index in [1.54, 1.807) is 0 Å². The first kappa shape index (κ1) is 88.5. The van der Waals surface area contributed by atoms with Crippen molar-refractivity contribution in [3.63, 3.8) is 0 Å². The van der Waals surface area contributed by atoms with Gasteiger partial charge < -0.3 is 33.8 Å². The molecule has 3 N–H and O–H groups in total. The summed E-state index contributed by atoms with van der Waals surface area (Å²) < 4.78 is 68.3. The number of phosphoric acid groups is 2. The van der Waals surface area contributed by atoms with Gasteiger partial charge in [-0.25, -0.2) is 9.13 Å². The van der Waals surface area contributed by atoms with Gasteiger partial charge in [0.2, 0.25) is 0 Å². The monoisotopic (exact) mass is 1330 g/mol. The maximum absolute atomic E-state index is 13.0. The Balaban J connectivity index is 5.27. The van der Waals surface area contributed by atoms with Crippen molar-refractivity contribution in [1.82, 2.24) is 0 Å². The summed E-state index contributed by atoms with van der Waals surface area (Å²) in [6.45, 7) is 7.14. The zero-order valence-corrected chi connectivity index (χ0v) is 60.3. The van der Waals surface area contributed by atoms with Crippen LogP contribution in [0.4, 0.5) is 0 Å². The van der Waals surface area contributed by atoms with E-state index in [4.69, 9.17) is 37.0 Å². The number of ether oxygens (including phenoxy) is 4. The predicted molar refractivity (Wildman–Crippen MR) is 368 cm³/mol. The average Bonchev–Trinajstić information content (AvgIpc) is 3.49. The van der Waals surface area contributed by atoms with Gasteiger partial charge in [-0.05, 0) is 57.3 Å². The van der Waals surface area contributed by atoms with Crippen LogP contribution in [0.2, 0.25) is 0 Å². The van der Waals surface area contributed by atoms with E-state index < -0.39 is 97.5 Å². The van der Waals surface area contributed by atoms with Crippen molar-refractivity contribution in [3.8, 4) is 0 Å². The Hall–Kier alpha value is -2.46. The Morgan fingerprint density at radius 3 is 0.934 bits per heavy atom. The van der Waals surface area contributed by atoms with E-state index in [-0.39, 0.29) is 25.7 Å². The Morgan fingerprint density at radius 2 is 0.615 bits per heavy atom. The molecule has 0 radical (unpaired) electrons. The van der Waals surface area contributed by atoms with E-state index in [1.807, 2.05) is 0 Å². The molecule has 0 heterocycles. The summed E-state index contributed by atoms with van der Waals surface area (Å²) in [4.78, 5) is 72.6. The molecule has 0 saturated heterocycles. The molecular weight excluding hydrogens is 1200 g/mol. The molecule has 0 aliphatic rings. The minimum absolute atomic E-state index is 0.101. The molecule has 0 bridgehead atoms. The summed E-state index contributed by atoms with van der Waals surface area (Å²) in [5.74, 6) is -1.43. The Bertz CT molecular complexity index is 1850. The molecule has 0 amide bonds. The molecule has 0 aromatic rings. The van der Waals surface area contributed by atoms with Gasteiger partial charge in [-0.1, -0.05) is 296 Å². The van der Waals surface area contributed by atoms with Gasteiger partial charge in [-0.3, -0.25) is 37.3 Å². The van der Waals surface area contributed by atoms with Gasteiger partial charge in [0.1, 0.15) is 19.3 Å². The van der Waals surface area contributed by atoms with Crippen LogP contribution in [-0.2, 0) is 65.4 Å². The SMILES string of the molecule is CCCCCC/C=C\C=C/CCCCCCCC(=O)OC[C@H](COP(=O)(O)OC[C@@H](O)COP(=O)(O)OC[C@@H](COC(=O)CCCCCCCCCCCC)OC(=O)CCCCCCCCC(C)CC)OC(=O)CCCCCCCCCCCCCCCCCC. The van der Waals surface area contributed by atoms with Crippen molar-refractivity contribution in [1.29, 1.82) is 0 Å². The van der Waals surface area contributed by atoms with Crippen molar-refractivity contribution in [2.24, 2.45) is 5.92 Å². The van der Waals surface area contributed by atoms with E-state index in [0.29, 0.717) is 25.7 Å². The number of carbonyl (C=O) groups excluding carboxylic acids is 4. The number of rotatable bonds is 70. The number of allylic oxidation sites excluding steroid dienone is 4. The lowest BCUT2D eigenvalue weighted by molar-refractivity contribution is -0.161. The van der Waals surface area contributed by atoms with Crippen LogP contribution in [0.3, 0.4) is 0 Å². The summed E-state index contributed by atoms with van der Waals surface area (Å²) in [7, 11) is -9.91. The van der Waals surface area contributed by atoms with Crippen molar-refractivity contribution < 1.29 is 80.2 Å². The molecular formula is C72H136O17P2. The zero-order chi connectivity index (χ0) is 67.0. The fourth-order valence-corrected chi connectivity index (χ4v) is 12.0. The third kappa shape index (κ3) is 64.6. The molecule has 91 heavy (non-hydrogen) atoms. The quantitative estimate of drug-likeness (QED) is 0.0169. The first-order valence-corrected chi connectivity index (χ1v) is 40.0. The van der Waals surface area contributed by atoms with E-state index in [0.717, 1.165) is 115 Å². The number of hydrogen-bond donors (Lipinski definition) is 3. The maximum atomic E-state index is 13.0. The lowest BCUT2D eigenvalue weighted by atomic mass is 10.00. The number of aliphatic hydroxyl groups is 1. The molecule has 0 aromatic carbocycles. The molecule has 3 unspecified atom stereocenters. The molecule has 0 spiro atoms. The second kappa shape index (κ2) is 64.9. The van der Waals surface area contributed by atoms with Gasteiger partial charge in [-0.15, -0.1) is 0 Å². The smallest absolute Gasteiger partial charge is 0.462 e. The van der Waals surface area contributed by atoms with Crippen LogP contribution in [0.1, 0.15) is 349 Å². The van der Waals surface area contributed by atoms with Crippen molar-refractivity contribution in [2.75, 3.05) is 39.6 Å². The molecule has 6 atom stereocenters. The minimum Gasteiger partial charge on any atom is -0.462 e. The van der Waals surface area contributed by atoms with E-state index in [2.05, 4.69) is 58.9 Å². The first-order valence-electron chi connectivity index (χ1n) is 37.0. The van der Waals surface area contributed by atoms with Crippen LogP contribution in [0.5, 0.6) is 0 Å². The summed E-state index contributed by atoms with van der Waals surface area (Å²) in [5.41, 5.74) is 0. The molecule has 0 rings (SSSR count). The Kier molecular flexibility index (Phi) is 63.1. The van der Waals surface area contributed by atoms with Crippen LogP contribution in [0.15, 0.2) is 24.3 Å². The van der Waals surface area contributed by atoms with Gasteiger partial charge in [0.05, 0.1) is 26.4 Å². The highest BCUT2D eigenvalue weighted by molar-refractivity contribution is 7.47. The van der Waals surface area contributed by atoms with E-state index in [1.165, 1.54) is 154 Å². The summed E-state index contributed by atoms with van der Waals surface area (Å²) in [6, 6.07) is 0. The second-order valence-corrected chi connectivity index (χ2v) is 28.4. The van der Waals surface area contributed by atoms with Crippen LogP contribution in [-0.4, -0.2) is 96.7 Å². The number of esters is 4. The van der Waals surface area contributed by atoms with Crippen molar-refractivity contribution in [2.45, 2.75) is 368 Å². The maximum Gasteiger partial charge on any atom is 0.472 e. The highest BCUT2D eigenvalue weighted by Crippen LogP contribution is 2.45. The fraction of sp³-hybridized carbons (Fsp3) is 0.889. The van der Waals surface area contributed by atoms with Gasteiger partial charge in [0.15, 0.2) is 12.2 Å². The standard InChI is InChI=1S/C72H136O17P2/c1-6-10-13-16-19-22-25-27-29-31-33-35-38-41-47-52-57-71(76)88-67(61-82-70(75)56-51-46-40-37-34-32-30-28-26-23-20-17-14-11-7-2)63-86-90(78,79)84-59-66(73)60-85-91(80,81)87-64-68(89-72(77)58-53-48-43-42-44-49-54-65(5)9-4)62-83-69(74)55-50-45-39-36-24-21-18-15-12-8-3/h23,26,28,30,65-68,73H,6-22,24-25,27,29,31-64H2,1-5H3,(H,78,79)(H,80,81)/b26-23-,30-28-/t65?,66-,67-,68-/m1/s1. The molecule has 17 nitrogen and oxygen atoms in total. The van der Waals surface area contributed by atoms with Gasteiger partial charge in [0.25, 0.3) is 0 Å². The first-order chi connectivity index (χ1) is 44.1. The normalized spacial score (nSPS) is 14.5. The number of phosphoric ester groups is 2. The number of unbranched alkanes of at least 4 members (excludes halogenated alkanes) is 38. The van der Waals surface area contributed by atoms with Crippen molar-refractivity contribution in [3.05, 3.63) is 24.3 Å². The largest absolute Gasteiger partial charge is 0.472 e. The van der Waals surface area contributed by atoms with E-state index in [9.17, 15) is 43.2 Å². The Labute approximate surface area is 554 Å². The number of carbonyl (C=O) groups is 4. The van der Waals surface area contributed by atoms with Gasteiger partial charge in [0, 0.05) is 25.7 Å². The van der Waals surface area contributed by atoms with Crippen LogP contribution in [0.25, 0.3) is 0 Å². The third-order valence-electron chi connectivity index (χ3n) is 16.5. The molecule has 0 aliphatic carbocycles. The topological polar surface area (TPSA) is 237 Å².